The second kappa shape index (κ2) is 6.35. The van der Waals surface area contributed by atoms with E-state index >= 15 is 0 Å². The highest BCUT2D eigenvalue weighted by atomic mass is 15.2. The van der Waals surface area contributed by atoms with E-state index in [-0.39, 0.29) is 0 Å². The number of nitrogens with zero attached hydrogens (tertiary/aromatic N) is 3. The van der Waals surface area contributed by atoms with Crippen molar-refractivity contribution in [2.75, 3.05) is 25.0 Å². The zero-order valence-corrected chi connectivity index (χ0v) is 9.77. The van der Waals surface area contributed by atoms with Gasteiger partial charge >= 0.3 is 0 Å². The fraction of sp³-hybridized carbons (Fsp3) is 0.636. The van der Waals surface area contributed by atoms with Gasteiger partial charge in [-0.3, -0.25) is 0 Å². The van der Waals surface area contributed by atoms with Crippen molar-refractivity contribution in [3.63, 3.8) is 0 Å². The number of rotatable bonds is 6. The van der Waals surface area contributed by atoms with Gasteiger partial charge in [-0.1, -0.05) is 13.8 Å². The number of nitrogens with one attached hydrogen (secondary N) is 1. The Kier molecular flexibility index (Phi) is 5.04. The maximum absolute atomic E-state index is 4.00. The fourth-order valence-electron chi connectivity index (χ4n) is 1.55. The largest absolute Gasteiger partial charge is 0.365 e. The van der Waals surface area contributed by atoms with Crippen LogP contribution in [-0.2, 0) is 0 Å². The van der Waals surface area contributed by atoms with Gasteiger partial charge in [0.25, 0.3) is 0 Å². The Hall–Kier alpha value is -1.16. The van der Waals surface area contributed by atoms with Crippen LogP contribution in [0.25, 0.3) is 0 Å². The predicted octanol–water partition coefficient (Wildman–Crippen LogP) is 1.62. The van der Waals surface area contributed by atoms with Gasteiger partial charge in [0, 0.05) is 18.8 Å². The first kappa shape index (κ1) is 11.9. The summed E-state index contributed by atoms with van der Waals surface area (Å²) in [5, 5.41) is 11.2. The molecular weight excluding hydrogens is 188 g/mol. The third kappa shape index (κ3) is 4.25. The highest BCUT2D eigenvalue weighted by molar-refractivity contribution is 5.32. The van der Waals surface area contributed by atoms with Crippen LogP contribution in [0.4, 0.5) is 5.82 Å². The number of anilines is 1. The highest BCUT2D eigenvalue weighted by Gasteiger charge is 2.06. The van der Waals surface area contributed by atoms with E-state index in [1.54, 1.807) is 6.20 Å². The molecule has 1 heterocycles. The molecule has 4 nitrogen and oxygen atoms in total. The molecule has 1 N–H and O–H groups in total. The SMILES string of the molecule is CCN(CC)CC(C)Nc1cccnn1. The normalized spacial score (nSPS) is 12.8. The van der Waals surface area contributed by atoms with Crippen LogP contribution in [-0.4, -0.2) is 40.8 Å². The van der Waals surface area contributed by atoms with E-state index in [4.69, 9.17) is 0 Å². The average molecular weight is 208 g/mol. The zero-order valence-electron chi connectivity index (χ0n) is 9.77. The first-order valence-electron chi connectivity index (χ1n) is 5.52. The van der Waals surface area contributed by atoms with Gasteiger partial charge in [0.05, 0.1) is 0 Å². The summed E-state index contributed by atoms with van der Waals surface area (Å²) in [7, 11) is 0. The van der Waals surface area contributed by atoms with Crippen LogP contribution in [0.2, 0.25) is 0 Å². The van der Waals surface area contributed by atoms with Gasteiger partial charge in [-0.05, 0) is 32.1 Å². The summed E-state index contributed by atoms with van der Waals surface area (Å²) in [5.74, 6) is 0.845. The van der Waals surface area contributed by atoms with E-state index in [9.17, 15) is 0 Å². The van der Waals surface area contributed by atoms with Crippen molar-refractivity contribution >= 4 is 5.82 Å². The van der Waals surface area contributed by atoms with Gasteiger partial charge in [0.2, 0.25) is 0 Å². The molecule has 0 spiro atoms. The molecule has 0 fully saturated rings. The van der Waals surface area contributed by atoms with Crippen molar-refractivity contribution in [2.24, 2.45) is 0 Å². The molecule has 1 aromatic rings. The van der Waals surface area contributed by atoms with E-state index in [1.165, 1.54) is 0 Å². The van der Waals surface area contributed by atoms with Crippen LogP contribution >= 0.6 is 0 Å². The average Bonchev–Trinajstić information content (AvgIpc) is 2.27. The smallest absolute Gasteiger partial charge is 0.148 e. The molecule has 0 saturated heterocycles. The lowest BCUT2D eigenvalue weighted by molar-refractivity contribution is 0.294. The Morgan fingerprint density at radius 3 is 2.67 bits per heavy atom. The van der Waals surface area contributed by atoms with Crippen molar-refractivity contribution < 1.29 is 0 Å². The van der Waals surface area contributed by atoms with E-state index in [1.807, 2.05) is 12.1 Å². The monoisotopic (exact) mass is 208 g/mol. The lowest BCUT2D eigenvalue weighted by atomic mass is 10.3. The molecule has 0 amide bonds. The number of hydrogen-bond acceptors (Lipinski definition) is 4. The van der Waals surface area contributed by atoms with Crippen molar-refractivity contribution in [2.45, 2.75) is 26.8 Å². The molecule has 0 aliphatic heterocycles. The summed E-state index contributed by atoms with van der Waals surface area (Å²) in [6.45, 7) is 9.72. The Labute approximate surface area is 91.7 Å². The maximum atomic E-state index is 4.00. The number of hydrogen-bond donors (Lipinski definition) is 1. The lowest BCUT2D eigenvalue weighted by Gasteiger charge is -2.23. The quantitative estimate of drug-likeness (QED) is 0.771. The van der Waals surface area contributed by atoms with Crippen LogP contribution in [0, 0.1) is 0 Å². The second-order valence-electron chi connectivity index (χ2n) is 3.64. The Morgan fingerprint density at radius 2 is 2.13 bits per heavy atom. The maximum Gasteiger partial charge on any atom is 0.148 e. The molecule has 0 radical (unpaired) electrons. The fourth-order valence-corrected chi connectivity index (χ4v) is 1.55. The summed E-state index contributed by atoms with van der Waals surface area (Å²) in [6, 6.07) is 4.21. The molecule has 0 aliphatic carbocycles. The van der Waals surface area contributed by atoms with E-state index in [0.717, 1.165) is 25.5 Å². The highest BCUT2D eigenvalue weighted by Crippen LogP contribution is 2.02. The molecule has 4 heteroatoms. The van der Waals surface area contributed by atoms with Gasteiger partial charge in [-0.25, -0.2) is 0 Å². The topological polar surface area (TPSA) is 41.0 Å². The molecule has 0 aromatic carbocycles. The van der Waals surface area contributed by atoms with Gasteiger partial charge < -0.3 is 10.2 Å². The first-order chi connectivity index (χ1) is 7.26. The van der Waals surface area contributed by atoms with Crippen LogP contribution in [0.3, 0.4) is 0 Å². The molecule has 1 atom stereocenters. The predicted molar refractivity (Wildman–Crippen MR) is 62.9 cm³/mol. The molecule has 1 aromatic heterocycles. The van der Waals surface area contributed by atoms with E-state index in [2.05, 4.69) is 41.2 Å². The molecule has 1 rings (SSSR count). The van der Waals surface area contributed by atoms with Crippen LogP contribution in [0.5, 0.6) is 0 Å². The summed E-state index contributed by atoms with van der Waals surface area (Å²) < 4.78 is 0. The van der Waals surface area contributed by atoms with Gasteiger partial charge in [-0.2, -0.15) is 5.10 Å². The van der Waals surface area contributed by atoms with Gasteiger partial charge in [-0.15, -0.1) is 5.10 Å². The number of aromatic nitrogens is 2. The van der Waals surface area contributed by atoms with Crippen molar-refractivity contribution in [1.29, 1.82) is 0 Å². The first-order valence-corrected chi connectivity index (χ1v) is 5.52. The van der Waals surface area contributed by atoms with E-state index < -0.39 is 0 Å². The number of likely N-dealkylation sites (N-methyl/N-ethyl adjacent to an activating group) is 1. The van der Waals surface area contributed by atoms with Crippen LogP contribution < -0.4 is 5.32 Å². The van der Waals surface area contributed by atoms with Crippen LogP contribution in [0.1, 0.15) is 20.8 Å². The van der Waals surface area contributed by atoms with Crippen molar-refractivity contribution in [3.05, 3.63) is 18.3 Å². The molecule has 1 unspecified atom stereocenters. The van der Waals surface area contributed by atoms with Crippen molar-refractivity contribution in [3.8, 4) is 0 Å². The lowest BCUT2D eigenvalue weighted by Crippen LogP contribution is -2.34. The summed E-state index contributed by atoms with van der Waals surface area (Å²) in [5.41, 5.74) is 0. The molecule has 15 heavy (non-hydrogen) atoms. The molecule has 0 bridgehead atoms. The van der Waals surface area contributed by atoms with Crippen molar-refractivity contribution in [1.82, 2.24) is 15.1 Å². The minimum absolute atomic E-state index is 0.390. The Morgan fingerprint density at radius 1 is 1.40 bits per heavy atom. The van der Waals surface area contributed by atoms with E-state index in [0.29, 0.717) is 6.04 Å². The standard InChI is InChI=1S/C11H20N4/c1-4-15(5-2)9-10(3)13-11-7-6-8-12-14-11/h6-8,10H,4-5,9H2,1-3H3,(H,13,14). The van der Waals surface area contributed by atoms with Gasteiger partial charge in [0.15, 0.2) is 0 Å². The summed E-state index contributed by atoms with van der Waals surface area (Å²) >= 11 is 0. The molecular formula is C11H20N4. The Bertz CT molecular complexity index is 259. The second-order valence-corrected chi connectivity index (χ2v) is 3.64. The molecule has 0 saturated carbocycles. The minimum Gasteiger partial charge on any atom is -0.365 e. The van der Waals surface area contributed by atoms with Crippen LogP contribution in [0.15, 0.2) is 18.3 Å². The zero-order chi connectivity index (χ0) is 11.1. The molecule has 0 aliphatic rings. The third-order valence-electron chi connectivity index (χ3n) is 2.39. The minimum atomic E-state index is 0.390. The summed E-state index contributed by atoms with van der Waals surface area (Å²) in [4.78, 5) is 2.38. The Balaban J connectivity index is 2.39. The molecule has 84 valence electrons. The van der Waals surface area contributed by atoms with Gasteiger partial charge in [0.1, 0.15) is 5.82 Å². The summed E-state index contributed by atoms with van der Waals surface area (Å²) in [6.07, 6.45) is 1.68. The third-order valence-corrected chi connectivity index (χ3v) is 2.39.